The Bertz CT molecular complexity index is 1720. The number of carbonyl (C=O) groups excluding carboxylic acids is 1. The summed E-state index contributed by atoms with van der Waals surface area (Å²) in [5, 5.41) is 15.6. The van der Waals surface area contributed by atoms with Crippen LogP contribution in [0.15, 0.2) is 71.6 Å². The molecule has 2 heterocycles. The van der Waals surface area contributed by atoms with Gasteiger partial charge in [0.05, 0.1) is 36.2 Å². The Kier molecular flexibility index (Phi) is 9.59. The molecule has 1 aliphatic rings. The van der Waals surface area contributed by atoms with Crippen LogP contribution in [0.1, 0.15) is 19.4 Å². The molecule has 3 aromatic carbocycles. The predicted molar refractivity (Wildman–Crippen MR) is 171 cm³/mol. The molecule has 0 bridgehead atoms. The number of rotatable bonds is 11. The van der Waals surface area contributed by atoms with E-state index in [9.17, 15) is 18.3 Å². The molecule has 0 unspecified atom stereocenters. The van der Waals surface area contributed by atoms with Gasteiger partial charge in [-0.15, -0.1) is 0 Å². The summed E-state index contributed by atoms with van der Waals surface area (Å²) in [7, 11) is -2.63. The molecule has 1 amide bonds. The number of aliphatic hydroxyl groups excluding tert-OH is 1. The smallest absolute Gasteiger partial charge is 0.263 e. The second-order valence-electron chi connectivity index (χ2n) is 10.8. The number of aromatic nitrogens is 2. The Morgan fingerprint density at radius 2 is 1.64 bits per heavy atom. The highest BCUT2D eigenvalue weighted by molar-refractivity contribution is 7.92. The molecule has 44 heavy (non-hydrogen) atoms. The summed E-state index contributed by atoms with van der Waals surface area (Å²) in [5.74, 6) is 0.433. The number of nitrogens with zero attached hydrogens (tertiary/aromatic N) is 4. The molecule has 0 spiro atoms. The summed E-state index contributed by atoms with van der Waals surface area (Å²) < 4.78 is 35.1. The molecule has 1 saturated heterocycles. The van der Waals surface area contributed by atoms with Crippen LogP contribution in [0, 0.1) is 0 Å². The van der Waals surface area contributed by atoms with Gasteiger partial charge >= 0.3 is 0 Å². The number of hydrogen-bond donors (Lipinski definition) is 4. The number of nitrogens with one attached hydrogen (secondary N) is 3. The molecule has 4 aromatic rings. The van der Waals surface area contributed by atoms with Crippen molar-refractivity contribution in [2.24, 2.45) is 0 Å². The standard InChI is InChI=1S/C31H37N7O5S/c1-21(2)38-13-11-37(12-14-38)19-29(40)32-23-7-6-8-26(18-23)44(41,42)36-31-30(34-27-9-4-5-10-28(27)35-31)33-24-15-22(20-39)16-25(17-24)43-3/h4-10,15-18,21,39H,11-14,19-20H2,1-3H3,(H,32,40)(H,33,34)(H,35,36). The van der Waals surface area contributed by atoms with Crippen LogP contribution in [0.4, 0.5) is 23.0 Å². The first-order chi connectivity index (χ1) is 21.1. The van der Waals surface area contributed by atoms with Crippen LogP contribution in [-0.2, 0) is 21.4 Å². The topological polar surface area (TPSA) is 149 Å². The average molecular weight is 620 g/mol. The minimum absolute atomic E-state index is 0.0213. The van der Waals surface area contributed by atoms with Gasteiger partial charge in [-0.2, -0.15) is 0 Å². The van der Waals surface area contributed by atoms with E-state index in [1.165, 1.54) is 19.2 Å². The van der Waals surface area contributed by atoms with Crippen LogP contribution in [0.3, 0.4) is 0 Å². The lowest BCUT2D eigenvalue weighted by Crippen LogP contribution is -2.50. The van der Waals surface area contributed by atoms with Crippen molar-refractivity contribution in [2.75, 3.05) is 55.2 Å². The number of carbonyl (C=O) groups is 1. The maximum absolute atomic E-state index is 13.6. The molecular weight excluding hydrogens is 582 g/mol. The highest BCUT2D eigenvalue weighted by atomic mass is 32.2. The van der Waals surface area contributed by atoms with Gasteiger partial charge in [-0.3, -0.25) is 19.3 Å². The third-order valence-corrected chi connectivity index (χ3v) is 8.72. The number of fused-ring (bicyclic) bond motifs is 1. The number of ether oxygens (including phenoxy) is 1. The zero-order valence-electron chi connectivity index (χ0n) is 24.9. The van der Waals surface area contributed by atoms with Gasteiger partial charge in [0, 0.05) is 49.7 Å². The number of sulfonamides is 1. The van der Waals surface area contributed by atoms with Crippen LogP contribution >= 0.6 is 0 Å². The van der Waals surface area contributed by atoms with Crippen molar-refractivity contribution in [3.8, 4) is 5.75 Å². The average Bonchev–Trinajstić information content (AvgIpc) is 3.01. The van der Waals surface area contributed by atoms with E-state index in [1.807, 2.05) is 6.07 Å². The lowest BCUT2D eigenvalue weighted by molar-refractivity contribution is -0.117. The van der Waals surface area contributed by atoms with E-state index in [0.717, 1.165) is 26.2 Å². The van der Waals surface area contributed by atoms with E-state index in [1.54, 1.807) is 48.5 Å². The van der Waals surface area contributed by atoms with Crippen molar-refractivity contribution in [3.63, 3.8) is 0 Å². The minimum Gasteiger partial charge on any atom is -0.497 e. The highest BCUT2D eigenvalue weighted by Crippen LogP contribution is 2.30. The first-order valence-corrected chi connectivity index (χ1v) is 15.8. The van der Waals surface area contributed by atoms with Gasteiger partial charge in [0.1, 0.15) is 5.75 Å². The van der Waals surface area contributed by atoms with Crippen LogP contribution in [0.25, 0.3) is 11.0 Å². The number of hydrogen-bond acceptors (Lipinski definition) is 10. The molecule has 0 saturated carbocycles. The third-order valence-electron chi connectivity index (χ3n) is 7.38. The molecule has 1 aromatic heterocycles. The summed E-state index contributed by atoms with van der Waals surface area (Å²) in [6.45, 7) is 7.74. The largest absolute Gasteiger partial charge is 0.497 e. The van der Waals surface area contributed by atoms with Crippen molar-refractivity contribution < 1.29 is 23.1 Å². The summed E-state index contributed by atoms with van der Waals surface area (Å²) in [4.78, 5) is 26.4. The molecule has 1 fully saturated rings. The SMILES string of the molecule is COc1cc(CO)cc(Nc2nc3ccccc3nc2NS(=O)(=O)c2cccc(NC(=O)CN3CCN(C(C)C)CC3)c2)c1. The van der Waals surface area contributed by atoms with Crippen LogP contribution in [-0.4, -0.2) is 85.1 Å². The van der Waals surface area contributed by atoms with Gasteiger partial charge in [-0.25, -0.2) is 18.4 Å². The quantitative estimate of drug-likeness (QED) is 0.196. The zero-order chi connectivity index (χ0) is 31.3. The van der Waals surface area contributed by atoms with Crippen LogP contribution in [0.2, 0.25) is 0 Å². The van der Waals surface area contributed by atoms with Gasteiger partial charge in [-0.1, -0.05) is 18.2 Å². The molecule has 13 heteroatoms. The molecule has 5 rings (SSSR count). The van der Waals surface area contributed by atoms with Gasteiger partial charge < -0.3 is 20.5 Å². The molecular formula is C31H37N7O5S. The molecule has 1 aliphatic heterocycles. The number of anilines is 4. The lowest BCUT2D eigenvalue weighted by Gasteiger charge is -2.36. The Hall–Kier alpha value is -4.30. The second kappa shape index (κ2) is 13.6. The van der Waals surface area contributed by atoms with E-state index in [-0.39, 0.29) is 35.6 Å². The molecule has 232 valence electrons. The lowest BCUT2D eigenvalue weighted by atomic mass is 10.2. The van der Waals surface area contributed by atoms with Gasteiger partial charge in [-0.05, 0) is 61.9 Å². The number of methoxy groups -OCH3 is 1. The monoisotopic (exact) mass is 619 g/mol. The second-order valence-corrected chi connectivity index (χ2v) is 12.5. The fourth-order valence-electron chi connectivity index (χ4n) is 5.01. The number of piperazine rings is 1. The third kappa shape index (κ3) is 7.61. The summed E-state index contributed by atoms with van der Waals surface area (Å²) in [5.41, 5.74) is 2.54. The van der Waals surface area contributed by atoms with E-state index < -0.39 is 10.0 Å². The number of benzene rings is 3. The Balaban J connectivity index is 1.35. The van der Waals surface area contributed by atoms with E-state index in [0.29, 0.717) is 39.8 Å². The number of para-hydroxylation sites is 2. The van der Waals surface area contributed by atoms with Crippen molar-refractivity contribution in [1.82, 2.24) is 19.8 Å². The fraction of sp³-hybridized carbons (Fsp3) is 0.323. The van der Waals surface area contributed by atoms with Gasteiger partial charge in [0.15, 0.2) is 11.6 Å². The molecule has 4 N–H and O–H groups in total. The van der Waals surface area contributed by atoms with Crippen LogP contribution < -0.4 is 20.1 Å². The number of amides is 1. The van der Waals surface area contributed by atoms with E-state index in [4.69, 9.17) is 4.74 Å². The molecule has 0 atom stereocenters. The summed E-state index contributed by atoms with van der Waals surface area (Å²) in [6.07, 6.45) is 0. The van der Waals surface area contributed by atoms with Crippen LogP contribution in [0.5, 0.6) is 5.75 Å². The molecule has 0 aliphatic carbocycles. The predicted octanol–water partition coefficient (Wildman–Crippen LogP) is 3.64. The summed E-state index contributed by atoms with van der Waals surface area (Å²) in [6, 6.07) is 18.7. The molecule has 0 radical (unpaired) electrons. The first kappa shape index (κ1) is 31.1. The maximum atomic E-state index is 13.6. The fourth-order valence-corrected chi connectivity index (χ4v) is 6.06. The van der Waals surface area contributed by atoms with Crippen molar-refractivity contribution in [1.29, 1.82) is 0 Å². The van der Waals surface area contributed by atoms with Crippen molar-refractivity contribution in [3.05, 3.63) is 72.3 Å². The highest BCUT2D eigenvalue weighted by Gasteiger charge is 2.22. The normalized spacial score (nSPS) is 14.5. The summed E-state index contributed by atoms with van der Waals surface area (Å²) >= 11 is 0. The maximum Gasteiger partial charge on any atom is 0.263 e. The van der Waals surface area contributed by atoms with E-state index in [2.05, 4.69) is 49.0 Å². The van der Waals surface area contributed by atoms with Gasteiger partial charge in [0.25, 0.3) is 10.0 Å². The first-order valence-electron chi connectivity index (χ1n) is 14.4. The van der Waals surface area contributed by atoms with E-state index >= 15 is 0 Å². The Morgan fingerprint density at radius 1 is 0.932 bits per heavy atom. The zero-order valence-corrected chi connectivity index (χ0v) is 25.8. The van der Waals surface area contributed by atoms with Crippen molar-refractivity contribution >= 4 is 50.0 Å². The molecule has 12 nitrogen and oxygen atoms in total. The Morgan fingerprint density at radius 3 is 2.30 bits per heavy atom. The Labute approximate surface area is 257 Å². The van der Waals surface area contributed by atoms with Gasteiger partial charge in [0.2, 0.25) is 5.91 Å². The minimum atomic E-state index is -4.15. The number of aliphatic hydroxyl groups is 1. The van der Waals surface area contributed by atoms with Crippen molar-refractivity contribution in [2.45, 2.75) is 31.4 Å².